The van der Waals surface area contributed by atoms with Gasteiger partial charge in [-0.3, -0.25) is 4.90 Å². The van der Waals surface area contributed by atoms with Crippen LogP contribution >= 0.6 is 11.8 Å². The molecule has 2 aliphatic rings. The fraction of sp³-hybridized carbons (Fsp3) is 1.00. The molecule has 0 aromatic heterocycles. The summed E-state index contributed by atoms with van der Waals surface area (Å²) in [5.41, 5.74) is 6.52. The molecule has 0 atom stereocenters. The molecule has 2 nitrogen and oxygen atoms in total. The summed E-state index contributed by atoms with van der Waals surface area (Å²) in [5.74, 6) is 2.23. The highest BCUT2D eigenvalue weighted by atomic mass is 32.2. The predicted molar refractivity (Wildman–Crippen MR) is 82.1 cm³/mol. The van der Waals surface area contributed by atoms with Crippen LogP contribution in [0.3, 0.4) is 0 Å². The van der Waals surface area contributed by atoms with Crippen molar-refractivity contribution in [2.45, 2.75) is 63.2 Å². The van der Waals surface area contributed by atoms with E-state index in [-0.39, 0.29) is 0 Å². The lowest BCUT2D eigenvalue weighted by molar-refractivity contribution is 0.0380. The van der Waals surface area contributed by atoms with E-state index in [9.17, 15) is 0 Å². The average molecular weight is 270 g/mol. The zero-order valence-corrected chi connectivity index (χ0v) is 13.2. The number of rotatable bonds is 3. The van der Waals surface area contributed by atoms with Gasteiger partial charge in [-0.15, -0.1) is 0 Å². The number of nitrogens with two attached hydrogens (primary N) is 1. The van der Waals surface area contributed by atoms with Gasteiger partial charge in [-0.2, -0.15) is 11.8 Å². The molecule has 0 aromatic carbocycles. The van der Waals surface area contributed by atoms with E-state index in [1.807, 2.05) is 0 Å². The molecular formula is C15H30N2S. The summed E-state index contributed by atoms with van der Waals surface area (Å²) in [6.45, 7) is 10.4. The lowest BCUT2D eigenvalue weighted by Crippen LogP contribution is -2.60. The number of hydrogen-bond donors (Lipinski definition) is 1. The van der Waals surface area contributed by atoms with Crippen molar-refractivity contribution in [3.05, 3.63) is 0 Å². The van der Waals surface area contributed by atoms with E-state index in [1.165, 1.54) is 50.9 Å². The van der Waals surface area contributed by atoms with Crippen LogP contribution in [0.4, 0.5) is 0 Å². The van der Waals surface area contributed by atoms with Gasteiger partial charge in [0.2, 0.25) is 0 Å². The topological polar surface area (TPSA) is 29.3 Å². The van der Waals surface area contributed by atoms with Crippen LogP contribution < -0.4 is 5.73 Å². The first-order valence-corrected chi connectivity index (χ1v) is 8.59. The van der Waals surface area contributed by atoms with E-state index in [2.05, 4.69) is 37.4 Å². The van der Waals surface area contributed by atoms with Gasteiger partial charge in [-0.1, -0.05) is 13.3 Å². The van der Waals surface area contributed by atoms with Crippen LogP contribution in [0.2, 0.25) is 0 Å². The van der Waals surface area contributed by atoms with Crippen molar-refractivity contribution in [1.29, 1.82) is 0 Å². The highest BCUT2D eigenvalue weighted by molar-refractivity contribution is 8.00. The summed E-state index contributed by atoms with van der Waals surface area (Å²) in [6, 6.07) is 0. The summed E-state index contributed by atoms with van der Waals surface area (Å²) >= 11 is 2.12. The maximum absolute atomic E-state index is 6.20. The molecule has 2 N–H and O–H groups in total. The minimum absolute atomic E-state index is 0.323. The van der Waals surface area contributed by atoms with Gasteiger partial charge >= 0.3 is 0 Å². The number of nitrogens with zero attached hydrogens (tertiary/aromatic N) is 1. The zero-order chi connectivity index (χ0) is 13.2. The normalized spacial score (nSPS) is 37.7. The van der Waals surface area contributed by atoms with E-state index in [1.54, 1.807) is 0 Å². The van der Waals surface area contributed by atoms with Crippen LogP contribution in [0.25, 0.3) is 0 Å². The molecule has 18 heavy (non-hydrogen) atoms. The van der Waals surface area contributed by atoms with Crippen LogP contribution in [0.1, 0.15) is 52.9 Å². The molecule has 0 unspecified atom stereocenters. The van der Waals surface area contributed by atoms with Crippen molar-refractivity contribution in [2.75, 3.05) is 25.4 Å². The van der Waals surface area contributed by atoms with Gasteiger partial charge in [0.25, 0.3) is 0 Å². The summed E-state index contributed by atoms with van der Waals surface area (Å²) in [7, 11) is 0. The first-order valence-electron chi connectivity index (χ1n) is 7.60. The maximum Gasteiger partial charge on any atom is 0.0332 e. The zero-order valence-electron chi connectivity index (χ0n) is 12.4. The summed E-state index contributed by atoms with van der Waals surface area (Å²) in [4.78, 5) is 2.73. The Morgan fingerprint density at radius 1 is 1.28 bits per heavy atom. The molecule has 1 saturated heterocycles. The molecule has 2 rings (SSSR count). The van der Waals surface area contributed by atoms with Crippen LogP contribution in [-0.2, 0) is 0 Å². The first-order chi connectivity index (χ1) is 8.51. The fourth-order valence-electron chi connectivity index (χ4n) is 3.69. The second-order valence-corrected chi connectivity index (χ2v) is 8.61. The van der Waals surface area contributed by atoms with Gasteiger partial charge in [-0.25, -0.2) is 0 Å². The number of thioether (sulfide) groups is 1. The molecule has 106 valence electrons. The van der Waals surface area contributed by atoms with Crippen molar-refractivity contribution >= 4 is 11.8 Å². The Bertz CT molecular complexity index is 270. The quantitative estimate of drug-likeness (QED) is 0.854. The Balaban J connectivity index is 2.04. The molecule has 1 heterocycles. The average Bonchev–Trinajstić information content (AvgIpc) is 2.37. The highest BCUT2D eigenvalue weighted by Crippen LogP contribution is 2.41. The third kappa shape index (κ3) is 3.05. The van der Waals surface area contributed by atoms with Crippen molar-refractivity contribution < 1.29 is 0 Å². The lowest BCUT2D eigenvalue weighted by atomic mass is 9.74. The summed E-state index contributed by atoms with van der Waals surface area (Å²) in [6.07, 6.45) is 6.77. The van der Waals surface area contributed by atoms with E-state index < -0.39 is 0 Å². The van der Waals surface area contributed by atoms with Crippen LogP contribution in [0.15, 0.2) is 0 Å². The molecule has 2 fully saturated rings. The minimum Gasteiger partial charge on any atom is -0.329 e. The Labute approximate surface area is 117 Å². The molecule has 0 bridgehead atoms. The van der Waals surface area contributed by atoms with E-state index in [0.717, 1.165) is 12.5 Å². The van der Waals surface area contributed by atoms with Crippen molar-refractivity contribution in [2.24, 2.45) is 11.7 Å². The van der Waals surface area contributed by atoms with E-state index in [4.69, 9.17) is 5.73 Å². The van der Waals surface area contributed by atoms with Crippen molar-refractivity contribution in [3.8, 4) is 0 Å². The summed E-state index contributed by atoms with van der Waals surface area (Å²) < 4.78 is 0.405. The Morgan fingerprint density at radius 3 is 2.44 bits per heavy atom. The number of hydrogen-bond acceptors (Lipinski definition) is 3. The second-order valence-electron chi connectivity index (χ2n) is 6.81. The molecule has 0 radical (unpaired) electrons. The Kier molecular flexibility index (Phi) is 4.66. The minimum atomic E-state index is 0.323. The highest BCUT2D eigenvalue weighted by Gasteiger charge is 2.42. The Morgan fingerprint density at radius 2 is 1.94 bits per heavy atom. The van der Waals surface area contributed by atoms with Gasteiger partial charge in [0.05, 0.1) is 0 Å². The molecule has 3 heteroatoms. The van der Waals surface area contributed by atoms with Gasteiger partial charge in [0.15, 0.2) is 0 Å². The maximum atomic E-state index is 6.20. The van der Waals surface area contributed by atoms with Gasteiger partial charge in [0, 0.05) is 35.7 Å². The molecular weight excluding hydrogens is 240 g/mol. The van der Waals surface area contributed by atoms with E-state index in [0.29, 0.717) is 10.3 Å². The Hall–Kier alpha value is 0.270. The van der Waals surface area contributed by atoms with Gasteiger partial charge < -0.3 is 5.73 Å². The van der Waals surface area contributed by atoms with Crippen LogP contribution in [0, 0.1) is 5.92 Å². The summed E-state index contributed by atoms with van der Waals surface area (Å²) in [5, 5.41) is 0. The smallest absolute Gasteiger partial charge is 0.0332 e. The van der Waals surface area contributed by atoms with Gasteiger partial charge in [-0.05, 0) is 45.4 Å². The standard InChI is InChI=1S/C15H30N2S/c1-4-13-5-7-15(11-16,8-6-13)17-9-10-18-14(2,3)12-17/h13H,4-12,16H2,1-3H3. The first kappa shape index (κ1) is 14.7. The van der Waals surface area contributed by atoms with Crippen LogP contribution in [0.5, 0.6) is 0 Å². The predicted octanol–water partition coefficient (Wildman–Crippen LogP) is 3.11. The third-order valence-corrected chi connectivity index (χ3v) is 6.39. The fourth-order valence-corrected chi connectivity index (χ4v) is 4.81. The van der Waals surface area contributed by atoms with Crippen molar-refractivity contribution in [1.82, 2.24) is 4.90 Å². The SMILES string of the molecule is CCC1CCC(CN)(N2CCSC(C)(C)C2)CC1. The molecule has 0 spiro atoms. The molecule has 1 aliphatic heterocycles. The molecule has 0 amide bonds. The van der Waals surface area contributed by atoms with Crippen molar-refractivity contribution in [3.63, 3.8) is 0 Å². The largest absolute Gasteiger partial charge is 0.329 e. The third-order valence-electron chi connectivity index (χ3n) is 5.09. The monoisotopic (exact) mass is 270 g/mol. The molecule has 0 aromatic rings. The van der Waals surface area contributed by atoms with E-state index >= 15 is 0 Å². The molecule has 1 saturated carbocycles. The van der Waals surface area contributed by atoms with Crippen LogP contribution in [-0.4, -0.2) is 40.6 Å². The van der Waals surface area contributed by atoms with Gasteiger partial charge in [0.1, 0.15) is 0 Å². The lowest BCUT2D eigenvalue weighted by Gasteiger charge is -2.52. The molecule has 1 aliphatic carbocycles. The second kappa shape index (κ2) is 5.72.